The van der Waals surface area contributed by atoms with Gasteiger partial charge >= 0.3 is 0 Å². The number of carbonyl (C=O) groups excluding carboxylic acids is 1. The van der Waals surface area contributed by atoms with Crippen LogP contribution in [0.15, 0.2) is 11.8 Å². The van der Waals surface area contributed by atoms with Crippen LogP contribution in [0.5, 0.6) is 0 Å². The van der Waals surface area contributed by atoms with Crippen molar-refractivity contribution >= 4 is 5.91 Å². The molecule has 2 fully saturated rings. The normalized spacial score (nSPS) is 22.8. The van der Waals surface area contributed by atoms with E-state index in [4.69, 9.17) is 0 Å². The van der Waals surface area contributed by atoms with E-state index in [1.54, 1.807) is 6.20 Å². The van der Waals surface area contributed by atoms with Gasteiger partial charge in [-0.05, 0) is 37.5 Å². The van der Waals surface area contributed by atoms with Crippen LogP contribution >= 0.6 is 0 Å². The lowest BCUT2D eigenvalue weighted by atomic mass is 9.98. The van der Waals surface area contributed by atoms with Crippen LogP contribution in [0, 0.1) is 23.2 Å². The van der Waals surface area contributed by atoms with Gasteiger partial charge in [-0.2, -0.15) is 5.26 Å². The lowest BCUT2D eigenvalue weighted by Gasteiger charge is -2.32. The van der Waals surface area contributed by atoms with E-state index >= 15 is 0 Å². The summed E-state index contributed by atoms with van der Waals surface area (Å²) in [6.07, 6.45) is 6.17. The number of nitrogens with zero attached hydrogens (tertiary/aromatic N) is 3. The van der Waals surface area contributed by atoms with Crippen molar-refractivity contribution in [2.75, 3.05) is 26.2 Å². The molecular weight excluding hydrogens is 250 g/mol. The zero-order valence-corrected chi connectivity index (χ0v) is 12.6. The van der Waals surface area contributed by atoms with Gasteiger partial charge in [0.1, 0.15) is 11.6 Å². The Bertz CT molecular complexity index is 408. The second-order valence-corrected chi connectivity index (χ2v) is 6.35. The highest BCUT2D eigenvalue weighted by molar-refractivity contribution is 5.97. The summed E-state index contributed by atoms with van der Waals surface area (Å²) in [5.41, 5.74) is 0.300. The van der Waals surface area contributed by atoms with Crippen LogP contribution in [0.25, 0.3) is 0 Å². The number of hydrogen-bond donors (Lipinski definition) is 0. The molecule has 2 heterocycles. The third kappa shape index (κ3) is 3.75. The Morgan fingerprint density at radius 3 is 2.05 bits per heavy atom. The number of nitriles is 1. The highest BCUT2D eigenvalue weighted by Crippen LogP contribution is 2.20. The predicted octanol–water partition coefficient (Wildman–Crippen LogP) is 2.38. The molecule has 0 aromatic heterocycles. The zero-order chi connectivity index (χ0) is 14.5. The van der Waals surface area contributed by atoms with Gasteiger partial charge in [0.2, 0.25) is 0 Å². The van der Waals surface area contributed by atoms with Gasteiger partial charge in [-0.25, -0.2) is 0 Å². The molecule has 0 atom stereocenters. The molecule has 0 aliphatic carbocycles. The van der Waals surface area contributed by atoms with E-state index in [9.17, 15) is 10.1 Å². The largest absolute Gasteiger partial charge is 0.376 e. The van der Waals surface area contributed by atoms with E-state index in [1.807, 2.05) is 4.90 Å². The van der Waals surface area contributed by atoms with E-state index < -0.39 is 0 Å². The monoisotopic (exact) mass is 275 g/mol. The molecule has 0 saturated carbocycles. The minimum Gasteiger partial charge on any atom is -0.376 e. The number of rotatable bonds is 2. The molecule has 1 amide bonds. The zero-order valence-electron chi connectivity index (χ0n) is 12.6. The molecular formula is C16H25N3O. The van der Waals surface area contributed by atoms with Crippen LogP contribution in [0.1, 0.15) is 39.5 Å². The van der Waals surface area contributed by atoms with E-state index in [-0.39, 0.29) is 5.91 Å². The maximum atomic E-state index is 12.4. The molecule has 0 N–H and O–H groups in total. The van der Waals surface area contributed by atoms with Gasteiger partial charge in [0.15, 0.2) is 0 Å². The molecule has 0 unspecified atom stereocenters. The number of piperidine rings is 2. The van der Waals surface area contributed by atoms with Crippen molar-refractivity contribution in [2.24, 2.45) is 11.8 Å². The Morgan fingerprint density at radius 1 is 1.05 bits per heavy atom. The maximum absolute atomic E-state index is 12.4. The quantitative estimate of drug-likeness (QED) is 0.574. The molecule has 0 radical (unpaired) electrons. The van der Waals surface area contributed by atoms with Crippen molar-refractivity contribution < 1.29 is 4.79 Å². The molecule has 2 aliphatic heterocycles. The van der Waals surface area contributed by atoms with E-state index in [1.165, 1.54) is 0 Å². The molecule has 0 aromatic rings. The summed E-state index contributed by atoms with van der Waals surface area (Å²) in [7, 11) is 0. The molecule has 110 valence electrons. The topological polar surface area (TPSA) is 47.3 Å². The standard InChI is InChI=1S/C16H25N3O/c1-13-3-7-18(8-4-13)12-15(11-17)16(20)19-9-5-14(2)6-10-19/h12-14H,3-10H2,1-2H3/b15-12-. The van der Waals surface area contributed by atoms with Gasteiger partial charge in [0, 0.05) is 32.4 Å². The Kier molecular flexibility index (Phi) is 5.05. The summed E-state index contributed by atoms with van der Waals surface area (Å²) < 4.78 is 0. The number of hydrogen-bond acceptors (Lipinski definition) is 3. The fourth-order valence-corrected chi connectivity index (χ4v) is 2.85. The SMILES string of the molecule is CC1CCN(/C=C(/C#N)C(=O)N2CCC(C)CC2)CC1. The molecule has 2 aliphatic rings. The summed E-state index contributed by atoms with van der Waals surface area (Å²) >= 11 is 0. The summed E-state index contributed by atoms with van der Waals surface area (Å²) in [6, 6.07) is 2.10. The van der Waals surface area contributed by atoms with Crippen LogP contribution in [0.3, 0.4) is 0 Å². The molecule has 4 nitrogen and oxygen atoms in total. The second kappa shape index (κ2) is 6.78. The van der Waals surface area contributed by atoms with Crippen molar-refractivity contribution in [3.8, 4) is 6.07 Å². The number of carbonyl (C=O) groups is 1. The fourth-order valence-electron chi connectivity index (χ4n) is 2.85. The minimum absolute atomic E-state index is 0.0852. The van der Waals surface area contributed by atoms with Crippen molar-refractivity contribution in [1.82, 2.24) is 9.80 Å². The third-order valence-corrected chi connectivity index (χ3v) is 4.55. The Labute approximate surface area is 122 Å². The molecule has 0 spiro atoms. The van der Waals surface area contributed by atoms with Crippen molar-refractivity contribution in [1.29, 1.82) is 5.26 Å². The van der Waals surface area contributed by atoms with Gasteiger partial charge < -0.3 is 9.80 Å². The molecule has 0 bridgehead atoms. The Morgan fingerprint density at radius 2 is 1.55 bits per heavy atom. The van der Waals surface area contributed by atoms with Crippen LogP contribution in [0.4, 0.5) is 0 Å². The summed E-state index contributed by atoms with van der Waals surface area (Å²) in [6.45, 7) is 7.96. The molecule has 2 saturated heterocycles. The van der Waals surface area contributed by atoms with Crippen LogP contribution in [-0.2, 0) is 4.79 Å². The smallest absolute Gasteiger partial charge is 0.266 e. The fraction of sp³-hybridized carbons (Fsp3) is 0.750. The highest BCUT2D eigenvalue weighted by atomic mass is 16.2. The van der Waals surface area contributed by atoms with Crippen LogP contribution in [0.2, 0.25) is 0 Å². The first-order valence-electron chi connectivity index (χ1n) is 7.75. The van der Waals surface area contributed by atoms with Gasteiger partial charge in [-0.15, -0.1) is 0 Å². The van der Waals surface area contributed by atoms with Crippen LogP contribution < -0.4 is 0 Å². The first kappa shape index (κ1) is 14.9. The lowest BCUT2D eigenvalue weighted by Crippen LogP contribution is -2.39. The van der Waals surface area contributed by atoms with E-state index in [0.717, 1.165) is 57.8 Å². The molecule has 20 heavy (non-hydrogen) atoms. The minimum atomic E-state index is -0.0852. The third-order valence-electron chi connectivity index (χ3n) is 4.55. The number of amides is 1. The van der Waals surface area contributed by atoms with Gasteiger partial charge in [-0.3, -0.25) is 4.79 Å². The van der Waals surface area contributed by atoms with Crippen LogP contribution in [-0.4, -0.2) is 41.9 Å². The highest BCUT2D eigenvalue weighted by Gasteiger charge is 2.24. The van der Waals surface area contributed by atoms with Crippen molar-refractivity contribution in [3.05, 3.63) is 11.8 Å². The van der Waals surface area contributed by atoms with Gasteiger partial charge in [-0.1, -0.05) is 13.8 Å². The van der Waals surface area contributed by atoms with Crippen molar-refractivity contribution in [2.45, 2.75) is 39.5 Å². The number of likely N-dealkylation sites (tertiary alicyclic amines) is 2. The first-order chi connectivity index (χ1) is 9.60. The summed E-state index contributed by atoms with van der Waals surface area (Å²) in [5.74, 6) is 1.36. The molecule has 4 heteroatoms. The summed E-state index contributed by atoms with van der Waals surface area (Å²) in [4.78, 5) is 16.3. The van der Waals surface area contributed by atoms with Gasteiger partial charge in [0.05, 0.1) is 0 Å². The Balaban J connectivity index is 1.97. The first-order valence-corrected chi connectivity index (χ1v) is 7.75. The average molecular weight is 275 g/mol. The van der Waals surface area contributed by atoms with E-state index in [0.29, 0.717) is 11.5 Å². The Hall–Kier alpha value is -1.50. The maximum Gasteiger partial charge on any atom is 0.266 e. The van der Waals surface area contributed by atoms with Gasteiger partial charge in [0.25, 0.3) is 5.91 Å². The summed E-state index contributed by atoms with van der Waals surface area (Å²) in [5, 5.41) is 9.27. The average Bonchev–Trinajstić information content (AvgIpc) is 2.47. The predicted molar refractivity (Wildman–Crippen MR) is 78.6 cm³/mol. The second-order valence-electron chi connectivity index (χ2n) is 6.35. The van der Waals surface area contributed by atoms with Crippen molar-refractivity contribution in [3.63, 3.8) is 0 Å². The molecule has 0 aromatic carbocycles. The lowest BCUT2D eigenvalue weighted by molar-refractivity contribution is -0.128. The van der Waals surface area contributed by atoms with E-state index in [2.05, 4.69) is 24.8 Å². The molecule has 2 rings (SSSR count).